The molecule has 0 atom stereocenters. The third-order valence-corrected chi connectivity index (χ3v) is 3.94. The summed E-state index contributed by atoms with van der Waals surface area (Å²) < 4.78 is 5.85. The summed E-state index contributed by atoms with van der Waals surface area (Å²) in [5.41, 5.74) is 3.26. The van der Waals surface area contributed by atoms with Crippen LogP contribution in [0.15, 0.2) is 24.3 Å². The molecule has 3 N–H and O–H groups in total. The molecule has 1 aromatic carbocycles. The summed E-state index contributed by atoms with van der Waals surface area (Å²) in [6.07, 6.45) is 7.78. The van der Waals surface area contributed by atoms with Gasteiger partial charge in [-0.3, -0.25) is 10.2 Å². The normalized spacial score (nSPS) is 15.8. The number of benzene rings is 1. The minimum atomic E-state index is -0.136. The molecule has 20 heavy (non-hydrogen) atoms. The van der Waals surface area contributed by atoms with E-state index in [1.807, 2.05) is 24.3 Å². The first-order valence-corrected chi connectivity index (χ1v) is 7.49. The molecule has 1 aliphatic rings. The second-order valence-corrected chi connectivity index (χ2v) is 5.53. The number of aryl methyl sites for hydroxylation is 1. The van der Waals surface area contributed by atoms with Crippen LogP contribution in [0, 0.1) is 5.92 Å². The average molecular weight is 276 g/mol. The molecule has 0 bridgehead atoms. The maximum Gasteiger partial charge on any atom is 0.234 e. The lowest BCUT2D eigenvalue weighted by atomic mass is 9.90. The maximum absolute atomic E-state index is 11.1. The molecule has 1 fully saturated rings. The van der Waals surface area contributed by atoms with Gasteiger partial charge in [-0.1, -0.05) is 31.4 Å². The number of carbonyl (C=O) groups excluding carboxylic acids is 1. The van der Waals surface area contributed by atoms with Crippen molar-refractivity contribution in [2.45, 2.75) is 44.9 Å². The first kappa shape index (κ1) is 14.9. The number of nitrogens with two attached hydrogens (primary N) is 1. The molecule has 0 aliphatic heterocycles. The molecule has 0 saturated heterocycles. The summed E-state index contributed by atoms with van der Waals surface area (Å²) in [5.74, 6) is 6.55. The van der Waals surface area contributed by atoms with Crippen LogP contribution in [0.5, 0.6) is 5.75 Å². The number of hydrogen-bond acceptors (Lipinski definition) is 3. The molecule has 0 spiro atoms. The number of nitrogens with one attached hydrogen (secondary N) is 1. The van der Waals surface area contributed by atoms with Crippen LogP contribution in [-0.2, 0) is 11.2 Å². The highest BCUT2D eigenvalue weighted by Gasteiger charge is 2.13. The highest BCUT2D eigenvalue weighted by atomic mass is 16.5. The standard InChI is InChI=1S/C16H24N2O2/c17-18-16(19)11-8-13-6-9-15(10-7-13)20-12-14-4-2-1-3-5-14/h6-7,9-10,14H,1-5,8,11-12,17H2,(H,18,19). The van der Waals surface area contributed by atoms with Crippen LogP contribution in [0.25, 0.3) is 0 Å². The topological polar surface area (TPSA) is 64.3 Å². The van der Waals surface area contributed by atoms with Crippen molar-refractivity contribution in [3.05, 3.63) is 29.8 Å². The van der Waals surface area contributed by atoms with E-state index in [4.69, 9.17) is 10.6 Å². The van der Waals surface area contributed by atoms with E-state index in [2.05, 4.69) is 5.43 Å². The fraction of sp³-hybridized carbons (Fsp3) is 0.562. The molecule has 1 saturated carbocycles. The van der Waals surface area contributed by atoms with Gasteiger partial charge in [0.15, 0.2) is 0 Å². The predicted octanol–water partition coefficient (Wildman–Crippen LogP) is 2.57. The third kappa shape index (κ3) is 4.85. The van der Waals surface area contributed by atoms with Gasteiger partial charge >= 0.3 is 0 Å². The van der Waals surface area contributed by atoms with E-state index in [-0.39, 0.29) is 5.91 Å². The SMILES string of the molecule is NNC(=O)CCc1ccc(OCC2CCCCC2)cc1. The molecular formula is C16H24N2O2. The largest absolute Gasteiger partial charge is 0.493 e. The van der Waals surface area contributed by atoms with E-state index in [1.54, 1.807) is 0 Å². The predicted molar refractivity (Wildman–Crippen MR) is 79.2 cm³/mol. The van der Waals surface area contributed by atoms with Gasteiger partial charge in [-0.25, -0.2) is 5.84 Å². The number of hydrazine groups is 1. The van der Waals surface area contributed by atoms with E-state index in [0.717, 1.165) is 23.8 Å². The van der Waals surface area contributed by atoms with Crippen LogP contribution < -0.4 is 16.0 Å². The Hall–Kier alpha value is -1.55. The van der Waals surface area contributed by atoms with Gasteiger partial charge < -0.3 is 4.74 Å². The monoisotopic (exact) mass is 276 g/mol. The second-order valence-electron chi connectivity index (χ2n) is 5.53. The number of ether oxygens (including phenoxy) is 1. The van der Waals surface area contributed by atoms with Crippen LogP contribution in [0.3, 0.4) is 0 Å². The molecule has 110 valence electrons. The summed E-state index contributed by atoms with van der Waals surface area (Å²) >= 11 is 0. The van der Waals surface area contributed by atoms with Crippen LogP contribution in [0.2, 0.25) is 0 Å². The van der Waals surface area contributed by atoms with Crippen molar-refractivity contribution in [3.63, 3.8) is 0 Å². The first-order chi connectivity index (χ1) is 9.78. The number of amides is 1. The summed E-state index contributed by atoms with van der Waals surface area (Å²) in [4.78, 5) is 11.1. The zero-order valence-electron chi connectivity index (χ0n) is 11.9. The molecule has 4 heteroatoms. The fourth-order valence-corrected chi connectivity index (χ4v) is 2.65. The lowest BCUT2D eigenvalue weighted by Gasteiger charge is -2.21. The van der Waals surface area contributed by atoms with Crippen molar-refractivity contribution in [2.75, 3.05) is 6.61 Å². The number of carbonyl (C=O) groups is 1. The van der Waals surface area contributed by atoms with Crippen molar-refractivity contribution in [1.29, 1.82) is 0 Å². The van der Waals surface area contributed by atoms with Gasteiger partial charge in [0, 0.05) is 6.42 Å². The third-order valence-electron chi connectivity index (χ3n) is 3.94. The molecule has 1 amide bonds. The van der Waals surface area contributed by atoms with Crippen LogP contribution in [-0.4, -0.2) is 12.5 Å². The van der Waals surface area contributed by atoms with Crippen molar-refractivity contribution in [1.82, 2.24) is 5.43 Å². The zero-order valence-corrected chi connectivity index (χ0v) is 11.9. The van der Waals surface area contributed by atoms with E-state index in [9.17, 15) is 4.79 Å². The van der Waals surface area contributed by atoms with Crippen molar-refractivity contribution < 1.29 is 9.53 Å². The zero-order chi connectivity index (χ0) is 14.2. The summed E-state index contributed by atoms with van der Waals surface area (Å²) in [6, 6.07) is 8.00. The maximum atomic E-state index is 11.1. The van der Waals surface area contributed by atoms with Gasteiger partial charge in [-0.2, -0.15) is 0 Å². The Bertz CT molecular complexity index is 411. The molecular weight excluding hydrogens is 252 g/mol. The quantitative estimate of drug-likeness (QED) is 0.477. The average Bonchev–Trinajstić information content (AvgIpc) is 2.52. The molecule has 1 aromatic rings. The molecule has 1 aliphatic carbocycles. The minimum Gasteiger partial charge on any atom is -0.493 e. The number of hydrogen-bond donors (Lipinski definition) is 2. The molecule has 0 aromatic heterocycles. The Balaban J connectivity index is 1.74. The highest BCUT2D eigenvalue weighted by Crippen LogP contribution is 2.24. The molecule has 2 rings (SSSR count). The Morgan fingerprint density at radius 3 is 2.55 bits per heavy atom. The van der Waals surface area contributed by atoms with Crippen LogP contribution >= 0.6 is 0 Å². The highest BCUT2D eigenvalue weighted by molar-refractivity contribution is 5.75. The molecule has 0 heterocycles. The first-order valence-electron chi connectivity index (χ1n) is 7.49. The summed E-state index contributed by atoms with van der Waals surface area (Å²) in [7, 11) is 0. The lowest BCUT2D eigenvalue weighted by molar-refractivity contribution is -0.121. The van der Waals surface area contributed by atoms with Gasteiger partial charge in [0.25, 0.3) is 0 Å². The molecule has 0 radical (unpaired) electrons. The van der Waals surface area contributed by atoms with Gasteiger partial charge in [-0.15, -0.1) is 0 Å². The van der Waals surface area contributed by atoms with Crippen LogP contribution in [0.1, 0.15) is 44.1 Å². The van der Waals surface area contributed by atoms with Gasteiger partial charge in [0.1, 0.15) is 5.75 Å². The van der Waals surface area contributed by atoms with E-state index in [1.165, 1.54) is 32.1 Å². The Morgan fingerprint density at radius 2 is 1.90 bits per heavy atom. The van der Waals surface area contributed by atoms with Gasteiger partial charge in [0.05, 0.1) is 6.61 Å². The Labute approximate surface area is 120 Å². The second kappa shape index (κ2) is 7.90. The summed E-state index contributed by atoms with van der Waals surface area (Å²) in [6.45, 7) is 0.828. The summed E-state index contributed by atoms with van der Waals surface area (Å²) in [5, 5.41) is 0. The van der Waals surface area contributed by atoms with Gasteiger partial charge in [-0.05, 0) is 42.9 Å². The lowest BCUT2D eigenvalue weighted by Crippen LogP contribution is -2.30. The van der Waals surface area contributed by atoms with Gasteiger partial charge in [0.2, 0.25) is 5.91 Å². The number of rotatable bonds is 6. The van der Waals surface area contributed by atoms with E-state index >= 15 is 0 Å². The van der Waals surface area contributed by atoms with E-state index in [0.29, 0.717) is 12.8 Å². The minimum absolute atomic E-state index is 0.136. The van der Waals surface area contributed by atoms with Crippen molar-refractivity contribution in [2.24, 2.45) is 11.8 Å². The Kier molecular flexibility index (Phi) is 5.87. The van der Waals surface area contributed by atoms with Crippen molar-refractivity contribution >= 4 is 5.91 Å². The van der Waals surface area contributed by atoms with Crippen LogP contribution in [0.4, 0.5) is 0 Å². The van der Waals surface area contributed by atoms with E-state index < -0.39 is 0 Å². The van der Waals surface area contributed by atoms with Crippen molar-refractivity contribution in [3.8, 4) is 5.75 Å². The molecule has 4 nitrogen and oxygen atoms in total. The smallest absolute Gasteiger partial charge is 0.234 e. The fourth-order valence-electron chi connectivity index (χ4n) is 2.65. The molecule has 0 unspecified atom stereocenters. The Morgan fingerprint density at radius 1 is 1.20 bits per heavy atom.